The highest BCUT2D eigenvalue weighted by Crippen LogP contribution is 2.30. The summed E-state index contributed by atoms with van der Waals surface area (Å²) >= 11 is 0. The largest absolute Gasteiger partial charge is 0.335 e. The number of H-pyrrole nitrogens is 1. The Morgan fingerprint density at radius 2 is 1.78 bits per heavy atom. The van der Waals surface area contributed by atoms with Gasteiger partial charge in [0.1, 0.15) is 0 Å². The third-order valence-corrected chi connectivity index (χ3v) is 4.90. The quantitative estimate of drug-likeness (QED) is 0.508. The number of nitrogens with one attached hydrogen (secondary N) is 1. The number of hydrogen-bond acceptors (Lipinski definition) is 2. The lowest BCUT2D eigenvalue weighted by Gasteiger charge is -2.11. The Bertz CT molecular complexity index is 1350. The van der Waals surface area contributed by atoms with Gasteiger partial charge in [-0.25, -0.2) is 8.78 Å². The van der Waals surface area contributed by atoms with E-state index < -0.39 is 17.2 Å². The maximum Gasteiger partial charge on any atom is 0.248 e. The number of para-hydroxylation sites is 1. The minimum absolute atomic E-state index is 0.114. The molecule has 0 atom stereocenters. The third-order valence-electron chi connectivity index (χ3n) is 4.90. The van der Waals surface area contributed by atoms with Crippen LogP contribution < -0.4 is 5.56 Å². The lowest BCUT2D eigenvalue weighted by atomic mass is 10.1. The highest BCUT2D eigenvalue weighted by atomic mass is 19.2. The number of benzene rings is 2. The van der Waals surface area contributed by atoms with E-state index in [9.17, 15) is 13.6 Å². The second-order valence-corrected chi connectivity index (χ2v) is 6.44. The molecule has 27 heavy (non-hydrogen) atoms. The second kappa shape index (κ2) is 5.74. The molecule has 0 aliphatic rings. The van der Waals surface area contributed by atoms with Crippen molar-refractivity contribution in [1.82, 2.24) is 14.5 Å². The van der Waals surface area contributed by atoms with Crippen LogP contribution in [-0.2, 0) is 6.54 Å². The maximum atomic E-state index is 14.2. The molecule has 5 rings (SSSR count). The maximum absolute atomic E-state index is 14.2. The first-order valence-electron chi connectivity index (χ1n) is 8.44. The number of fused-ring (bicyclic) bond motifs is 4. The van der Waals surface area contributed by atoms with E-state index >= 15 is 0 Å². The van der Waals surface area contributed by atoms with Crippen LogP contribution in [-0.4, -0.2) is 14.5 Å². The molecule has 0 bridgehead atoms. The first kappa shape index (κ1) is 15.7. The van der Waals surface area contributed by atoms with E-state index in [0.717, 1.165) is 27.9 Å². The van der Waals surface area contributed by atoms with Crippen molar-refractivity contribution in [3.05, 3.63) is 88.5 Å². The molecular weight excluding hydrogens is 348 g/mol. The van der Waals surface area contributed by atoms with Gasteiger partial charge in [0.15, 0.2) is 11.6 Å². The molecule has 3 heterocycles. The van der Waals surface area contributed by atoms with Crippen molar-refractivity contribution in [3.63, 3.8) is 0 Å². The predicted molar refractivity (Wildman–Crippen MR) is 101 cm³/mol. The Balaban J connectivity index is 1.81. The van der Waals surface area contributed by atoms with Gasteiger partial charge in [-0.1, -0.05) is 18.2 Å². The van der Waals surface area contributed by atoms with Crippen LogP contribution in [0.1, 0.15) is 5.56 Å². The zero-order valence-corrected chi connectivity index (χ0v) is 14.0. The number of aromatic amines is 1. The molecule has 0 aliphatic carbocycles. The summed E-state index contributed by atoms with van der Waals surface area (Å²) in [6, 6.07) is 13.9. The zero-order chi connectivity index (χ0) is 18.5. The van der Waals surface area contributed by atoms with Crippen LogP contribution >= 0.6 is 0 Å². The topological polar surface area (TPSA) is 50.7 Å². The van der Waals surface area contributed by atoms with Crippen LogP contribution in [0.4, 0.5) is 8.78 Å². The van der Waals surface area contributed by atoms with Crippen molar-refractivity contribution < 1.29 is 8.78 Å². The van der Waals surface area contributed by atoms with Gasteiger partial charge in [-0.2, -0.15) is 0 Å². The number of aromatic nitrogens is 3. The number of pyridine rings is 2. The molecule has 0 spiro atoms. The van der Waals surface area contributed by atoms with Gasteiger partial charge in [-0.05, 0) is 29.8 Å². The van der Waals surface area contributed by atoms with E-state index in [-0.39, 0.29) is 5.52 Å². The van der Waals surface area contributed by atoms with Gasteiger partial charge >= 0.3 is 0 Å². The molecule has 132 valence electrons. The summed E-state index contributed by atoms with van der Waals surface area (Å²) in [7, 11) is 0. The van der Waals surface area contributed by atoms with E-state index in [4.69, 9.17) is 0 Å². The average Bonchev–Trinajstić information content (AvgIpc) is 2.99. The molecule has 6 heteroatoms. The Morgan fingerprint density at radius 3 is 2.67 bits per heavy atom. The fourth-order valence-corrected chi connectivity index (χ4v) is 3.70. The lowest BCUT2D eigenvalue weighted by molar-refractivity contribution is 0.515. The number of halogens is 2. The fraction of sp³-hybridized carbons (Fsp3) is 0.0476. The highest BCUT2D eigenvalue weighted by Gasteiger charge is 2.15. The van der Waals surface area contributed by atoms with Crippen LogP contribution in [0.3, 0.4) is 0 Å². The molecule has 0 radical (unpaired) electrons. The van der Waals surface area contributed by atoms with Crippen molar-refractivity contribution in [3.8, 4) is 0 Å². The van der Waals surface area contributed by atoms with Crippen molar-refractivity contribution >= 4 is 32.7 Å². The lowest BCUT2D eigenvalue weighted by Crippen LogP contribution is -2.11. The van der Waals surface area contributed by atoms with Gasteiger partial charge < -0.3 is 9.55 Å². The highest BCUT2D eigenvalue weighted by molar-refractivity contribution is 6.07. The monoisotopic (exact) mass is 361 g/mol. The third kappa shape index (κ3) is 2.33. The van der Waals surface area contributed by atoms with Gasteiger partial charge in [-0.3, -0.25) is 9.78 Å². The van der Waals surface area contributed by atoms with E-state index in [0.29, 0.717) is 17.5 Å². The van der Waals surface area contributed by atoms with Crippen molar-refractivity contribution in [1.29, 1.82) is 0 Å². The van der Waals surface area contributed by atoms with Crippen LogP contribution in [0.25, 0.3) is 32.7 Å². The SMILES string of the molecule is O=c1cc(Cn2c3ccccc3c3ccncc32)c2ccc(F)c(F)c2[nH]1. The summed E-state index contributed by atoms with van der Waals surface area (Å²) in [5.41, 5.74) is 1.92. The minimum Gasteiger partial charge on any atom is -0.335 e. The number of rotatable bonds is 2. The smallest absolute Gasteiger partial charge is 0.248 e. The summed E-state index contributed by atoms with van der Waals surface area (Å²) in [6.45, 7) is 0.335. The molecule has 0 saturated carbocycles. The second-order valence-electron chi connectivity index (χ2n) is 6.44. The fourth-order valence-electron chi connectivity index (χ4n) is 3.70. The van der Waals surface area contributed by atoms with Gasteiger partial charge in [0.05, 0.1) is 17.2 Å². The summed E-state index contributed by atoms with van der Waals surface area (Å²) < 4.78 is 29.8. The normalized spacial score (nSPS) is 11.6. The van der Waals surface area contributed by atoms with Crippen molar-refractivity contribution in [2.24, 2.45) is 0 Å². The summed E-state index contributed by atoms with van der Waals surface area (Å²) in [5.74, 6) is -2.04. The molecule has 0 unspecified atom stereocenters. The van der Waals surface area contributed by atoms with Crippen LogP contribution in [0, 0.1) is 11.6 Å². The van der Waals surface area contributed by atoms with Gasteiger partial charge in [0.2, 0.25) is 5.56 Å². The summed E-state index contributed by atoms with van der Waals surface area (Å²) in [5, 5.41) is 2.59. The average molecular weight is 361 g/mol. The predicted octanol–water partition coefficient (Wildman–Crippen LogP) is 4.36. The molecule has 1 N–H and O–H groups in total. The van der Waals surface area contributed by atoms with Gasteiger partial charge in [0.25, 0.3) is 0 Å². The van der Waals surface area contributed by atoms with Gasteiger partial charge in [0, 0.05) is 40.5 Å². The zero-order valence-electron chi connectivity index (χ0n) is 14.0. The van der Waals surface area contributed by atoms with E-state index in [2.05, 4.69) is 9.97 Å². The molecule has 0 saturated heterocycles. The molecule has 3 aromatic heterocycles. The Kier molecular flexibility index (Phi) is 3.33. The van der Waals surface area contributed by atoms with Crippen LogP contribution in [0.5, 0.6) is 0 Å². The van der Waals surface area contributed by atoms with Crippen LogP contribution in [0.2, 0.25) is 0 Å². The van der Waals surface area contributed by atoms with Gasteiger partial charge in [-0.15, -0.1) is 0 Å². The van der Waals surface area contributed by atoms with E-state index in [1.807, 2.05) is 34.9 Å². The minimum atomic E-state index is -1.05. The molecule has 0 fully saturated rings. The van der Waals surface area contributed by atoms with E-state index in [1.165, 1.54) is 12.1 Å². The first-order chi connectivity index (χ1) is 13.1. The number of hydrogen-bond donors (Lipinski definition) is 1. The van der Waals surface area contributed by atoms with Crippen molar-refractivity contribution in [2.75, 3.05) is 0 Å². The summed E-state index contributed by atoms with van der Waals surface area (Å²) in [4.78, 5) is 18.7. The summed E-state index contributed by atoms with van der Waals surface area (Å²) in [6.07, 6.45) is 3.50. The Morgan fingerprint density at radius 1 is 0.963 bits per heavy atom. The molecule has 0 aliphatic heterocycles. The molecule has 0 amide bonds. The first-order valence-corrected chi connectivity index (χ1v) is 8.44. The Hall–Kier alpha value is -3.54. The van der Waals surface area contributed by atoms with Crippen LogP contribution in [0.15, 0.2) is 65.7 Å². The standard InChI is InChI=1S/C21H13F2N3O/c22-16-6-5-13-12(9-19(27)25-21(13)20(16)23)11-26-17-4-2-1-3-14(17)15-7-8-24-10-18(15)26/h1-10H,11H2,(H,25,27). The molecule has 5 aromatic rings. The molecule has 2 aromatic carbocycles. The molecular formula is C21H13F2N3O. The number of nitrogens with zero attached hydrogens (tertiary/aromatic N) is 2. The van der Waals surface area contributed by atoms with E-state index in [1.54, 1.807) is 12.4 Å². The Labute approximate surface area is 151 Å². The van der Waals surface area contributed by atoms with Crippen molar-refractivity contribution in [2.45, 2.75) is 6.54 Å². The molecule has 4 nitrogen and oxygen atoms in total.